The maximum atomic E-state index is 12.5. The molecule has 1 fully saturated rings. The summed E-state index contributed by atoms with van der Waals surface area (Å²) < 4.78 is 0. The number of hydrogen-bond acceptors (Lipinski definition) is 3. The first-order valence-corrected chi connectivity index (χ1v) is 8.59. The molecule has 0 spiro atoms. The van der Waals surface area contributed by atoms with E-state index in [1.54, 1.807) is 0 Å². The van der Waals surface area contributed by atoms with Gasteiger partial charge in [0.15, 0.2) is 0 Å². The first kappa shape index (κ1) is 18.4. The van der Waals surface area contributed by atoms with Crippen LogP contribution >= 0.6 is 0 Å². The van der Waals surface area contributed by atoms with Gasteiger partial charge in [-0.2, -0.15) is 0 Å². The summed E-state index contributed by atoms with van der Waals surface area (Å²) in [7, 11) is 1.99. The predicted molar refractivity (Wildman–Crippen MR) is 89.2 cm³/mol. The number of hydrogen-bond donors (Lipinski definition) is 1. The fourth-order valence-corrected chi connectivity index (χ4v) is 3.19. The lowest BCUT2D eigenvalue weighted by Crippen LogP contribution is -2.48. The topological polar surface area (TPSA) is 49.6 Å². The molecule has 0 aromatic carbocycles. The van der Waals surface area contributed by atoms with Gasteiger partial charge in [-0.05, 0) is 46.5 Å². The Morgan fingerprint density at radius 1 is 1.19 bits per heavy atom. The Kier molecular flexibility index (Phi) is 7.67. The highest BCUT2D eigenvalue weighted by atomic mass is 16.2. The number of carbonyl (C=O) groups excluding carboxylic acids is 1. The lowest BCUT2D eigenvalue weighted by Gasteiger charge is -2.39. The Labute approximate surface area is 131 Å². The zero-order valence-corrected chi connectivity index (χ0v) is 14.6. The lowest BCUT2D eigenvalue weighted by atomic mass is 9.97. The molecule has 1 aliphatic heterocycles. The van der Waals surface area contributed by atoms with Crippen LogP contribution < -0.4 is 5.73 Å². The molecule has 0 saturated carbocycles. The number of rotatable bonds is 7. The van der Waals surface area contributed by atoms with Gasteiger partial charge in [-0.1, -0.05) is 13.3 Å². The second kappa shape index (κ2) is 8.74. The van der Waals surface area contributed by atoms with Crippen molar-refractivity contribution in [2.45, 2.75) is 77.9 Å². The molecular weight excluding hydrogens is 262 g/mol. The van der Waals surface area contributed by atoms with E-state index >= 15 is 0 Å². The van der Waals surface area contributed by atoms with Crippen LogP contribution in [-0.4, -0.2) is 54.0 Å². The van der Waals surface area contributed by atoms with Gasteiger partial charge in [0, 0.05) is 44.2 Å². The van der Waals surface area contributed by atoms with Crippen molar-refractivity contribution in [3.05, 3.63) is 0 Å². The summed E-state index contributed by atoms with van der Waals surface area (Å²) in [5.74, 6) is 0.430. The molecule has 4 nitrogen and oxygen atoms in total. The monoisotopic (exact) mass is 297 g/mol. The molecule has 0 aromatic rings. The minimum Gasteiger partial charge on any atom is -0.342 e. The second-order valence-corrected chi connectivity index (χ2v) is 7.12. The van der Waals surface area contributed by atoms with Crippen molar-refractivity contribution >= 4 is 5.91 Å². The van der Waals surface area contributed by atoms with Crippen LogP contribution in [0.25, 0.3) is 0 Å². The van der Waals surface area contributed by atoms with Crippen molar-refractivity contribution in [2.75, 3.05) is 20.1 Å². The lowest BCUT2D eigenvalue weighted by molar-refractivity contribution is -0.137. The van der Waals surface area contributed by atoms with Crippen molar-refractivity contribution in [3.8, 4) is 0 Å². The molecule has 0 bridgehead atoms. The average Bonchev–Trinajstić information content (AvgIpc) is 2.45. The molecule has 1 amide bonds. The molecule has 4 heteroatoms. The maximum Gasteiger partial charge on any atom is 0.225 e. The van der Waals surface area contributed by atoms with Crippen molar-refractivity contribution in [1.29, 1.82) is 0 Å². The van der Waals surface area contributed by atoms with Gasteiger partial charge in [-0.3, -0.25) is 4.79 Å². The van der Waals surface area contributed by atoms with Crippen LogP contribution in [0.5, 0.6) is 0 Å². The van der Waals surface area contributed by atoms with E-state index in [2.05, 4.69) is 25.7 Å². The SMILES string of the molecule is CC(N)CCCC(C)C(=O)N(C)C1CCN(C(C)C)CC1. The Morgan fingerprint density at radius 3 is 2.24 bits per heavy atom. The van der Waals surface area contributed by atoms with Crippen LogP contribution in [0, 0.1) is 5.92 Å². The Hall–Kier alpha value is -0.610. The van der Waals surface area contributed by atoms with Gasteiger partial charge in [0.2, 0.25) is 5.91 Å². The molecule has 124 valence electrons. The van der Waals surface area contributed by atoms with Crippen molar-refractivity contribution in [3.63, 3.8) is 0 Å². The van der Waals surface area contributed by atoms with E-state index in [4.69, 9.17) is 5.73 Å². The van der Waals surface area contributed by atoms with Gasteiger partial charge in [0.05, 0.1) is 0 Å². The zero-order chi connectivity index (χ0) is 16.0. The molecule has 0 aromatic heterocycles. The fourth-order valence-electron chi connectivity index (χ4n) is 3.19. The number of likely N-dealkylation sites (tertiary alicyclic amines) is 1. The molecule has 1 saturated heterocycles. The molecule has 1 heterocycles. The number of nitrogens with zero attached hydrogens (tertiary/aromatic N) is 2. The molecule has 2 atom stereocenters. The highest BCUT2D eigenvalue weighted by Crippen LogP contribution is 2.20. The summed E-state index contributed by atoms with van der Waals surface area (Å²) in [5.41, 5.74) is 5.77. The van der Waals surface area contributed by atoms with E-state index in [0.29, 0.717) is 18.0 Å². The van der Waals surface area contributed by atoms with E-state index in [1.807, 2.05) is 18.9 Å². The standard InChI is InChI=1S/C17H35N3O/c1-13(2)20-11-9-16(10-12-20)19(5)17(21)14(3)7-6-8-15(4)18/h13-16H,6-12,18H2,1-5H3. The molecule has 1 rings (SSSR count). The van der Waals surface area contributed by atoms with Crippen molar-refractivity contribution < 1.29 is 4.79 Å². The molecule has 1 aliphatic rings. The van der Waals surface area contributed by atoms with Crippen LogP contribution in [0.1, 0.15) is 59.8 Å². The average molecular weight is 297 g/mol. The number of carbonyl (C=O) groups is 1. The zero-order valence-electron chi connectivity index (χ0n) is 14.6. The third-order valence-electron chi connectivity index (χ3n) is 4.84. The number of piperidine rings is 1. The van der Waals surface area contributed by atoms with E-state index < -0.39 is 0 Å². The number of nitrogens with two attached hydrogens (primary N) is 1. The Morgan fingerprint density at radius 2 is 1.76 bits per heavy atom. The van der Waals surface area contributed by atoms with E-state index in [0.717, 1.165) is 45.2 Å². The summed E-state index contributed by atoms with van der Waals surface area (Å²) in [6, 6.07) is 1.28. The van der Waals surface area contributed by atoms with E-state index in [9.17, 15) is 4.79 Å². The first-order valence-electron chi connectivity index (χ1n) is 8.59. The second-order valence-electron chi connectivity index (χ2n) is 7.12. The van der Waals surface area contributed by atoms with Crippen LogP contribution in [0.15, 0.2) is 0 Å². The Balaban J connectivity index is 2.37. The van der Waals surface area contributed by atoms with Crippen LogP contribution in [0.4, 0.5) is 0 Å². The minimum atomic E-state index is 0.122. The number of amides is 1. The summed E-state index contributed by atoms with van der Waals surface area (Å²) >= 11 is 0. The maximum absolute atomic E-state index is 12.5. The summed E-state index contributed by atoms with van der Waals surface area (Å²) in [5, 5.41) is 0. The van der Waals surface area contributed by atoms with Crippen LogP contribution in [-0.2, 0) is 4.79 Å². The van der Waals surface area contributed by atoms with Gasteiger partial charge < -0.3 is 15.5 Å². The van der Waals surface area contributed by atoms with E-state index in [1.165, 1.54) is 0 Å². The summed E-state index contributed by atoms with van der Waals surface area (Å²) in [6.07, 6.45) is 5.22. The normalized spacial score (nSPS) is 20.5. The summed E-state index contributed by atoms with van der Waals surface area (Å²) in [6.45, 7) is 10.8. The Bertz CT molecular complexity index is 309. The van der Waals surface area contributed by atoms with Crippen LogP contribution in [0.2, 0.25) is 0 Å². The van der Waals surface area contributed by atoms with Crippen molar-refractivity contribution in [1.82, 2.24) is 9.80 Å². The van der Waals surface area contributed by atoms with Gasteiger partial charge in [0.25, 0.3) is 0 Å². The smallest absolute Gasteiger partial charge is 0.225 e. The predicted octanol–water partition coefficient (Wildman–Crippen LogP) is 2.47. The molecule has 0 aliphatic carbocycles. The minimum absolute atomic E-state index is 0.122. The largest absolute Gasteiger partial charge is 0.342 e. The quantitative estimate of drug-likeness (QED) is 0.785. The van der Waals surface area contributed by atoms with Gasteiger partial charge in [0.1, 0.15) is 0 Å². The van der Waals surface area contributed by atoms with Gasteiger partial charge in [-0.25, -0.2) is 0 Å². The van der Waals surface area contributed by atoms with Gasteiger partial charge >= 0.3 is 0 Å². The third kappa shape index (κ3) is 5.95. The summed E-state index contributed by atoms with van der Waals surface area (Å²) in [4.78, 5) is 17.0. The highest BCUT2D eigenvalue weighted by Gasteiger charge is 2.28. The first-order chi connectivity index (χ1) is 9.82. The molecular formula is C17H35N3O. The van der Waals surface area contributed by atoms with Crippen LogP contribution in [0.3, 0.4) is 0 Å². The third-order valence-corrected chi connectivity index (χ3v) is 4.84. The van der Waals surface area contributed by atoms with E-state index in [-0.39, 0.29) is 12.0 Å². The van der Waals surface area contributed by atoms with Gasteiger partial charge in [-0.15, -0.1) is 0 Å². The van der Waals surface area contributed by atoms with Crippen molar-refractivity contribution in [2.24, 2.45) is 11.7 Å². The fraction of sp³-hybridized carbons (Fsp3) is 0.941. The molecule has 0 radical (unpaired) electrons. The molecule has 2 unspecified atom stereocenters. The highest BCUT2D eigenvalue weighted by molar-refractivity contribution is 5.78. The molecule has 21 heavy (non-hydrogen) atoms. The molecule has 2 N–H and O–H groups in total.